The highest BCUT2D eigenvalue weighted by molar-refractivity contribution is 6.01. The zero-order chi connectivity index (χ0) is 10.6. The molecule has 0 aliphatic heterocycles. The van der Waals surface area contributed by atoms with Gasteiger partial charge in [0.1, 0.15) is 17.3 Å². The molecule has 0 radical (unpaired) electrons. The second kappa shape index (κ2) is 4.50. The summed E-state index contributed by atoms with van der Waals surface area (Å²) in [6, 6.07) is 4.95. The number of nitrogens with one attached hydrogen (secondary N) is 2. The summed E-state index contributed by atoms with van der Waals surface area (Å²) in [4.78, 5) is 0. The lowest BCUT2D eigenvalue weighted by atomic mass is 10.1. The lowest BCUT2D eigenvalue weighted by Crippen LogP contribution is -2.19. The molecule has 0 aliphatic carbocycles. The second-order valence-electron chi connectivity index (χ2n) is 2.71. The number of benzene rings is 1. The number of hydrogen-bond donors (Lipinski definition) is 3. The minimum Gasteiger partial charge on any atom is -0.507 e. The molecule has 0 heterocycles. The van der Waals surface area contributed by atoms with Gasteiger partial charge in [-0.25, -0.2) is 0 Å². The first-order valence-electron chi connectivity index (χ1n) is 4.42. The Morgan fingerprint density at radius 2 is 2.29 bits per heavy atom. The maximum Gasteiger partial charge on any atom is 0.133 e. The molecule has 0 amide bonds. The highest BCUT2D eigenvalue weighted by atomic mass is 16.5. The molecule has 0 atom stereocenters. The Balaban J connectivity index is 3.15. The third kappa shape index (κ3) is 1.96. The first kappa shape index (κ1) is 10.4. The number of hydrogen-bond acceptors (Lipinski definition) is 3. The summed E-state index contributed by atoms with van der Waals surface area (Å²) in [5.41, 5.74) is 0.400. The van der Waals surface area contributed by atoms with Crippen LogP contribution in [0, 0.1) is 5.41 Å². The van der Waals surface area contributed by atoms with E-state index < -0.39 is 0 Å². The van der Waals surface area contributed by atoms with E-state index in [0.29, 0.717) is 17.9 Å². The molecule has 1 rings (SSSR count). The summed E-state index contributed by atoms with van der Waals surface area (Å²) in [5.74, 6) is 0.716. The van der Waals surface area contributed by atoms with Gasteiger partial charge in [0, 0.05) is 7.05 Å². The topological polar surface area (TPSA) is 65.3 Å². The van der Waals surface area contributed by atoms with Gasteiger partial charge in [-0.05, 0) is 19.1 Å². The molecule has 0 aromatic heterocycles. The molecule has 1 aromatic rings. The average molecular weight is 194 g/mol. The van der Waals surface area contributed by atoms with Crippen molar-refractivity contribution in [1.82, 2.24) is 5.32 Å². The number of amidine groups is 1. The minimum absolute atomic E-state index is 0.0512. The van der Waals surface area contributed by atoms with Gasteiger partial charge in [0.05, 0.1) is 12.2 Å². The van der Waals surface area contributed by atoms with Gasteiger partial charge < -0.3 is 15.2 Å². The molecular weight excluding hydrogens is 180 g/mol. The van der Waals surface area contributed by atoms with Crippen molar-refractivity contribution in [2.75, 3.05) is 13.7 Å². The summed E-state index contributed by atoms with van der Waals surface area (Å²) in [6.45, 7) is 2.37. The van der Waals surface area contributed by atoms with Crippen molar-refractivity contribution in [2.45, 2.75) is 6.92 Å². The third-order valence-electron chi connectivity index (χ3n) is 1.80. The van der Waals surface area contributed by atoms with Crippen LogP contribution in [0.15, 0.2) is 18.2 Å². The van der Waals surface area contributed by atoms with Crippen LogP contribution in [0.4, 0.5) is 0 Å². The van der Waals surface area contributed by atoms with E-state index in [1.54, 1.807) is 19.2 Å². The monoisotopic (exact) mass is 194 g/mol. The second-order valence-corrected chi connectivity index (χ2v) is 2.71. The highest BCUT2D eigenvalue weighted by Crippen LogP contribution is 2.27. The van der Waals surface area contributed by atoms with Crippen LogP contribution in [0.3, 0.4) is 0 Å². The Bertz CT molecular complexity index is 337. The van der Waals surface area contributed by atoms with Crippen LogP contribution in [0.1, 0.15) is 12.5 Å². The quantitative estimate of drug-likeness (QED) is 0.502. The van der Waals surface area contributed by atoms with Crippen molar-refractivity contribution >= 4 is 5.84 Å². The first-order valence-corrected chi connectivity index (χ1v) is 4.42. The SMILES string of the molecule is CCOc1cccc(O)c1C(=N)NC. The van der Waals surface area contributed by atoms with Crippen molar-refractivity contribution in [3.05, 3.63) is 23.8 Å². The Morgan fingerprint density at radius 3 is 2.86 bits per heavy atom. The molecule has 0 fully saturated rings. The zero-order valence-corrected chi connectivity index (χ0v) is 8.29. The Morgan fingerprint density at radius 1 is 1.57 bits per heavy atom. The van der Waals surface area contributed by atoms with E-state index in [1.807, 2.05) is 6.92 Å². The number of rotatable bonds is 3. The Hall–Kier alpha value is -1.71. The van der Waals surface area contributed by atoms with Crippen molar-refractivity contribution in [2.24, 2.45) is 0 Å². The molecule has 4 heteroatoms. The van der Waals surface area contributed by atoms with Gasteiger partial charge in [-0.1, -0.05) is 6.07 Å². The fourth-order valence-corrected chi connectivity index (χ4v) is 1.17. The number of aromatic hydroxyl groups is 1. The van der Waals surface area contributed by atoms with Gasteiger partial charge in [0.2, 0.25) is 0 Å². The predicted octanol–water partition coefficient (Wildman–Crippen LogP) is 1.34. The van der Waals surface area contributed by atoms with Gasteiger partial charge >= 0.3 is 0 Å². The average Bonchev–Trinajstić information content (AvgIpc) is 2.18. The highest BCUT2D eigenvalue weighted by Gasteiger charge is 2.12. The summed E-state index contributed by atoms with van der Waals surface area (Å²) in [6.07, 6.45) is 0. The summed E-state index contributed by atoms with van der Waals surface area (Å²) < 4.78 is 5.30. The van der Waals surface area contributed by atoms with E-state index in [1.165, 1.54) is 6.07 Å². The van der Waals surface area contributed by atoms with Crippen LogP contribution >= 0.6 is 0 Å². The van der Waals surface area contributed by atoms with Crippen LogP contribution in [0.5, 0.6) is 11.5 Å². The predicted molar refractivity (Wildman–Crippen MR) is 55.2 cm³/mol. The van der Waals surface area contributed by atoms with Crippen molar-refractivity contribution in [3.8, 4) is 11.5 Å². The smallest absolute Gasteiger partial charge is 0.133 e. The van der Waals surface area contributed by atoms with Gasteiger partial charge in [-0.2, -0.15) is 0 Å². The lowest BCUT2D eigenvalue weighted by molar-refractivity contribution is 0.336. The molecule has 14 heavy (non-hydrogen) atoms. The number of ether oxygens (including phenoxy) is 1. The van der Waals surface area contributed by atoms with Gasteiger partial charge in [0.15, 0.2) is 0 Å². The van der Waals surface area contributed by atoms with E-state index >= 15 is 0 Å². The molecule has 0 bridgehead atoms. The molecule has 0 aliphatic rings. The van der Waals surface area contributed by atoms with Crippen molar-refractivity contribution in [1.29, 1.82) is 5.41 Å². The minimum atomic E-state index is 0.0512. The largest absolute Gasteiger partial charge is 0.507 e. The van der Waals surface area contributed by atoms with E-state index in [9.17, 15) is 5.11 Å². The molecule has 4 nitrogen and oxygen atoms in total. The van der Waals surface area contributed by atoms with E-state index in [2.05, 4.69) is 5.32 Å². The molecule has 1 aromatic carbocycles. The summed E-state index contributed by atoms with van der Waals surface area (Å²) >= 11 is 0. The maximum absolute atomic E-state index is 9.56. The van der Waals surface area contributed by atoms with Crippen LogP contribution in [-0.4, -0.2) is 24.6 Å². The normalized spacial score (nSPS) is 9.57. The molecule has 3 N–H and O–H groups in total. The van der Waals surface area contributed by atoms with Gasteiger partial charge in [-0.3, -0.25) is 5.41 Å². The van der Waals surface area contributed by atoms with Crippen LogP contribution < -0.4 is 10.1 Å². The third-order valence-corrected chi connectivity index (χ3v) is 1.80. The fraction of sp³-hybridized carbons (Fsp3) is 0.300. The van der Waals surface area contributed by atoms with E-state index in [0.717, 1.165) is 0 Å². The van der Waals surface area contributed by atoms with Crippen LogP contribution in [0.2, 0.25) is 0 Å². The summed E-state index contributed by atoms with van der Waals surface area (Å²) in [5, 5.41) is 19.8. The first-order chi connectivity index (χ1) is 6.70. The Kier molecular flexibility index (Phi) is 3.34. The molecule has 0 unspecified atom stereocenters. The Labute approximate surface area is 83.0 Å². The van der Waals surface area contributed by atoms with Crippen molar-refractivity contribution in [3.63, 3.8) is 0 Å². The van der Waals surface area contributed by atoms with E-state index in [-0.39, 0.29) is 11.6 Å². The number of phenolic OH excluding ortho intramolecular Hbond substituents is 1. The maximum atomic E-state index is 9.56. The molecule has 76 valence electrons. The standard InChI is InChI=1S/C10H14N2O2/c1-3-14-8-6-4-5-7(13)9(8)10(11)12-2/h4-6,13H,3H2,1-2H3,(H2,11,12). The zero-order valence-electron chi connectivity index (χ0n) is 8.29. The fourth-order valence-electron chi connectivity index (χ4n) is 1.17. The van der Waals surface area contributed by atoms with Gasteiger partial charge in [0.25, 0.3) is 0 Å². The van der Waals surface area contributed by atoms with Gasteiger partial charge in [-0.15, -0.1) is 0 Å². The number of phenols is 1. The van der Waals surface area contributed by atoms with Crippen LogP contribution in [-0.2, 0) is 0 Å². The molecular formula is C10H14N2O2. The van der Waals surface area contributed by atoms with Crippen molar-refractivity contribution < 1.29 is 9.84 Å². The molecule has 0 saturated carbocycles. The van der Waals surface area contributed by atoms with E-state index in [4.69, 9.17) is 10.1 Å². The molecule has 0 spiro atoms. The lowest BCUT2D eigenvalue weighted by Gasteiger charge is -2.11. The summed E-state index contributed by atoms with van der Waals surface area (Å²) in [7, 11) is 1.63. The van der Waals surface area contributed by atoms with Crippen LogP contribution in [0.25, 0.3) is 0 Å². The molecule has 0 saturated heterocycles.